The maximum absolute atomic E-state index is 10.4. The van der Waals surface area contributed by atoms with Crippen molar-refractivity contribution in [3.63, 3.8) is 0 Å². The van der Waals surface area contributed by atoms with Gasteiger partial charge in [0, 0.05) is 12.8 Å². The molecule has 0 aromatic heterocycles. The van der Waals surface area contributed by atoms with E-state index in [2.05, 4.69) is 0 Å². The molecule has 0 amide bonds. The normalized spacial score (nSPS) is 25.8. The summed E-state index contributed by atoms with van der Waals surface area (Å²) in [7, 11) is 0. The van der Waals surface area contributed by atoms with Crippen molar-refractivity contribution in [2.75, 3.05) is 0 Å². The van der Waals surface area contributed by atoms with Crippen LogP contribution < -0.4 is 0 Å². The molecule has 0 aliphatic carbocycles. The van der Waals surface area contributed by atoms with E-state index in [1.54, 1.807) is 0 Å². The molecule has 0 aromatic rings. The van der Waals surface area contributed by atoms with Crippen molar-refractivity contribution >= 4 is 12.3 Å². The highest BCUT2D eigenvalue weighted by atomic mass is 16.5. The minimum absolute atomic E-state index is 0.130. The van der Waals surface area contributed by atoms with E-state index in [1.165, 1.54) is 0 Å². The lowest BCUT2D eigenvalue weighted by Crippen LogP contribution is -2.06. The highest BCUT2D eigenvalue weighted by Crippen LogP contribution is 2.14. The summed E-state index contributed by atoms with van der Waals surface area (Å²) in [6.07, 6.45) is 2.18. The average Bonchev–Trinajstić information content (AvgIpc) is 2.17. The summed E-state index contributed by atoms with van der Waals surface area (Å²) in [6, 6.07) is 0. The quantitative estimate of drug-likeness (QED) is 0.396. The monoisotopic (exact) mass is 128 g/mol. The molecule has 0 bridgehead atoms. The molecule has 1 fully saturated rings. The van der Waals surface area contributed by atoms with Gasteiger partial charge in [-0.15, -0.1) is 0 Å². The highest BCUT2D eigenvalue weighted by molar-refractivity contribution is 5.72. The van der Waals surface area contributed by atoms with Crippen LogP contribution >= 0.6 is 0 Å². The number of cyclic esters (lactones) is 1. The molecule has 0 spiro atoms. The summed E-state index contributed by atoms with van der Waals surface area (Å²) < 4.78 is 4.73. The Morgan fingerprint density at radius 3 is 3.00 bits per heavy atom. The van der Waals surface area contributed by atoms with Gasteiger partial charge in [-0.2, -0.15) is 0 Å². The Balaban J connectivity index is 2.29. The van der Waals surface area contributed by atoms with Gasteiger partial charge in [-0.05, 0) is 6.42 Å². The Morgan fingerprint density at radius 1 is 1.78 bits per heavy atom. The van der Waals surface area contributed by atoms with Crippen molar-refractivity contribution in [1.82, 2.24) is 0 Å². The van der Waals surface area contributed by atoms with E-state index in [0.29, 0.717) is 19.3 Å². The first kappa shape index (κ1) is 6.26. The molecule has 1 saturated heterocycles. The van der Waals surface area contributed by atoms with Crippen LogP contribution in [0.3, 0.4) is 0 Å². The topological polar surface area (TPSA) is 43.4 Å². The highest BCUT2D eigenvalue weighted by Gasteiger charge is 2.21. The molecule has 1 atom stereocenters. The Hall–Kier alpha value is -0.860. The number of rotatable bonds is 2. The zero-order valence-corrected chi connectivity index (χ0v) is 5.00. The van der Waals surface area contributed by atoms with E-state index in [0.717, 1.165) is 6.29 Å². The van der Waals surface area contributed by atoms with Crippen LogP contribution in [0, 0.1) is 0 Å². The van der Waals surface area contributed by atoms with Gasteiger partial charge in [0.2, 0.25) is 0 Å². The molecule has 0 N–H and O–H groups in total. The largest absolute Gasteiger partial charge is 0.462 e. The molecule has 1 aliphatic heterocycles. The van der Waals surface area contributed by atoms with E-state index in [-0.39, 0.29) is 12.1 Å². The van der Waals surface area contributed by atoms with Crippen molar-refractivity contribution in [2.45, 2.75) is 25.4 Å². The van der Waals surface area contributed by atoms with Crippen molar-refractivity contribution in [3.8, 4) is 0 Å². The summed E-state index contributed by atoms with van der Waals surface area (Å²) in [5, 5.41) is 0. The number of esters is 1. The second kappa shape index (κ2) is 2.62. The fourth-order valence-corrected chi connectivity index (χ4v) is 0.856. The standard InChI is InChI=1S/C6H8O3/c7-4-3-5-1-2-6(8)9-5/h4-5H,1-3H2. The third kappa shape index (κ3) is 1.52. The number of hydrogen-bond acceptors (Lipinski definition) is 3. The molecule has 0 saturated carbocycles. The predicted molar refractivity (Wildman–Crippen MR) is 29.8 cm³/mol. The van der Waals surface area contributed by atoms with Gasteiger partial charge in [0.25, 0.3) is 0 Å². The molecule has 1 aliphatic rings. The lowest BCUT2D eigenvalue weighted by molar-refractivity contribution is -0.141. The zero-order chi connectivity index (χ0) is 6.69. The lowest BCUT2D eigenvalue weighted by Gasteiger charge is -2.01. The van der Waals surface area contributed by atoms with E-state index in [9.17, 15) is 9.59 Å². The van der Waals surface area contributed by atoms with Crippen LogP contribution in [0.25, 0.3) is 0 Å². The van der Waals surface area contributed by atoms with Crippen LogP contribution in [-0.2, 0) is 14.3 Å². The third-order valence-corrected chi connectivity index (χ3v) is 1.33. The first-order valence-corrected chi connectivity index (χ1v) is 2.96. The van der Waals surface area contributed by atoms with Crippen LogP contribution in [0.5, 0.6) is 0 Å². The van der Waals surface area contributed by atoms with Crippen LogP contribution in [-0.4, -0.2) is 18.4 Å². The molecule has 9 heavy (non-hydrogen) atoms. The van der Waals surface area contributed by atoms with E-state index in [1.807, 2.05) is 0 Å². The smallest absolute Gasteiger partial charge is 0.306 e. The Labute approximate surface area is 53.0 Å². The zero-order valence-electron chi connectivity index (χ0n) is 5.00. The van der Waals surface area contributed by atoms with Crippen LogP contribution in [0.2, 0.25) is 0 Å². The summed E-state index contributed by atoms with van der Waals surface area (Å²) in [6.45, 7) is 0. The summed E-state index contributed by atoms with van der Waals surface area (Å²) in [5.74, 6) is -0.179. The van der Waals surface area contributed by atoms with E-state index >= 15 is 0 Å². The minimum atomic E-state index is -0.179. The predicted octanol–water partition coefficient (Wildman–Crippen LogP) is 0.281. The molecule has 1 heterocycles. The van der Waals surface area contributed by atoms with Gasteiger partial charge in [0.15, 0.2) is 0 Å². The molecule has 0 aromatic carbocycles. The van der Waals surface area contributed by atoms with Crippen molar-refractivity contribution in [2.24, 2.45) is 0 Å². The van der Waals surface area contributed by atoms with Gasteiger partial charge in [-0.1, -0.05) is 0 Å². The number of hydrogen-bond donors (Lipinski definition) is 0. The molecule has 50 valence electrons. The van der Waals surface area contributed by atoms with Crippen molar-refractivity contribution in [1.29, 1.82) is 0 Å². The van der Waals surface area contributed by atoms with Gasteiger partial charge < -0.3 is 9.53 Å². The molecular formula is C6H8O3. The van der Waals surface area contributed by atoms with E-state index < -0.39 is 0 Å². The fraction of sp³-hybridized carbons (Fsp3) is 0.667. The van der Waals surface area contributed by atoms with Crippen LogP contribution in [0.1, 0.15) is 19.3 Å². The molecule has 1 unspecified atom stereocenters. The summed E-state index contributed by atoms with van der Waals surface area (Å²) in [5.41, 5.74) is 0. The van der Waals surface area contributed by atoms with Crippen molar-refractivity contribution in [3.05, 3.63) is 0 Å². The summed E-state index contributed by atoms with van der Waals surface area (Å²) >= 11 is 0. The number of aldehydes is 1. The van der Waals surface area contributed by atoms with Crippen LogP contribution in [0.4, 0.5) is 0 Å². The van der Waals surface area contributed by atoms with Gasteiger partial charge in [0.05, 0.1) is 0 Å². The van der Waals surface area contributed by atoms with Gasteiger partial charge in [-0.25, -0.2) is 0 Å². The number of ether oxygens (including phenoxy) is 1. The first-order valence-electron chi connectivity index (χ1n) is 2.96. The number of carbonyl (C=O) groups is 2. The Kier molecular flexibility index (Phi) is 1.82. The summed E-state index contributed by atoms with van der Waals surface area (Å²) in [4.78, 5) is 20.3. The molecule has 0 radical (unpaired) electrons. The van der Waals surface area contributed by atoms with Gasteiger partial charge >= 0.3 is 5.97 Å². The molecule has 1 rings (SSSR count). The second-order valence-electron chi connectivity index (χ2n) is 2.05. The SMILES string of the molecule is O=CCC1CCC(=O)O1. The molecule has 3 nitrogen and oxygen atoms in total. The van der Waals surface area contributed by atoms with Crippen LogP contribution in [0.15, 0.2) is 0 Å². The molecule has 3 heteroatoms. The van der Waals surface area contributed by atoms with E-state index in [4.69, 9.17) is 4.74 Å². The average molecular weight is 128 g/mol. The Morgan fingerprint density at radius 2 is 2.56 bits per heavy atom. The first-order chi connectivity index (χ1) is 4.33. The lowest BCUT2D eigenvalue weighted by atomic mass is 10.2. The minimum Gasteiger partial charge on any atom is -0.462 e. The Bertz CT molecular complexity index is 130. The second-order valence-corrected chi connectivity index (χ2v) is 2.05. The van der Waals surface area contributed by atoms with Crippen molar-refractivity contribution < 1.29 is 14.3 Å². The van der Waals surface area contributed by atoms with Gasteiger partial charge in [0.1, 0.15) is 12.4 Å². The number of carbonyl (C=O) groups excluding carboxylic acids is 2. The van der Waals surface area contributed by atoms with Gasteiger partial charge in [-0.3, -0.25) is 4.79 Å². The maximum Gasteiger partial charge on any atom is 0.306 e. The maximum atomic E-state index is 10.4. The fourth-order valence-electron chi connectivity index (χ4n) is 0.856. The third-order valence-electron chi connectivity index (χ3n) is 1.33. The molecular weight excluding hydrogens is 120 g/mol.